The van der Waals surface area contributed by atoms with Gasteiger partial charge in [-0.1, -0.05) is 44.9 Å². The van der Waals surface area contributed by atoms with Gasteiger partial charge < -0.3 is 15.4 Å². The van der Waals surface area contributed by atoms with E-state index in [0.29, 0.717) is 30.5 Å². The van der Waals surface area contributed by atoms with Gasteiger partial charge in [0.1, 0.15) is 11.9 Å². The van der Waals surface area contributed by atoms with E-state index < -0.39 is 29.2 Å². The summed E-state index contributed by atoms with van der Waals surface area (Å²) in [5, 5.41) is 0. The van der Waals surface area contributed by atoms with Crippen molar-refractivity contribution in [3.05, 3.63) is 56.2 Å². The first-order valence-corrected chi connectivity index (χ1v) is 10.6. The fraction of sp³-hybridized carbons (Fsp3) is 0.455. The Bertz CT molecular complexity index is 1090. The average Bonchev–Trinajstić information content (AvgIpc) is 3.05. The summed E-state index contributed by atoms with van der Waals surface area (Å²) in [4.78, 5) is 53.9. The number of unbranched alkanes of at least 4 members (excludes halogenated alkanes) is 2. The van der Waals surface area contributed by atoms with Crippen LogP contribution in [0.2, 0.25) is 0 Å². The van der Waals surface area contributed by atoms with Crippen LogP contribution >= 0.6 is 0 Å². The Kier molecular flexibility index (Phi) is 6.94. The Balaban J connectivity index is 1.96. The predicted octanol–water partition coefficient (Wildman–Crippen LogP) is 2.35. The van der Waals surface area contributed by atoms with E-state index in [1.54, 1.807) is 24.3 Å². The van der Waals surface area contributed by atoms with E-state index >= 15 is 0 Å². The molecule has 0 fully saturated rings. The number of aromatic nitrogens is 2. The molecular formula is C22H28N4O5. The number of rotatable bonds is 9. The largest absolute Gasteiger partial charge is 0.453 e. The van der Waals surface area contributed by atoms with Gasteiger partial charge in [0.15, 0.2) is 5.69 Å². The lowest BCUT2D eigenvalue weighted by Crippen LogP contribution is -2.42. The number of nitrogens with one attached hydrogen (secondary N) is 1. The van der Waals surface area contributed by atoms with Gasteiger partial charge in [-0.2, -0.15) is 0 Å². The number of benzene rings is 1. The molecule has 9 heteroatoms. The molecule has 1 aromatic heterocycles. The molecule has 0 radical (unpaired) electrons. The van der Waals surface area contributed by atoms with Gasteiger partial charge in [0, 0.05) is 18.7 Å². The number of hydrogen-bond acceptors (Lipinski definition) is 6. The van der Waals surface area contributed by atoms with Gasteiger partial charge in [-0.3, -0.25) is 19.1 Å². The van der Waals surface area contributed by atoms with E-state index in [-0.39, 0.29) is 24.5 Å². The van der Waals surface area contributed by atoms with Crippen LogP contribution < -0.4 is 21.9 Å². The van der Waals surface area contributed by atoms with Crippen molar-refractivity contribution in [2.75, 3.05) is 17.2 Å². The van der Waals surface area contributed by atoms with Crippen LogP contribution in [0.4, 0.5) is 11.5 Å². The molecule has 0 unspecified atom stereocenters. The monoisotopic (exact) mass is 428 g/mol. The normalized spacial score (nSPS) is 14.9. The molecule has 0 bridgehead atoms. The number of carbonyl (C=O) groups is 2. The first kappa shape index (κ1) is 22.3. The Labute approximate surface area is 179 Å². The average molecular weight is 428 g/mol. The molecule has 0 saturated carbocycles. The molecule has 2 heterocycles. The number of hydrogen-bond donors (Lipinski definition) is 2. The number of cyclic esters (lactones) is 1. The Morgan fingerprint density at radius 1 is 1.16 bits per heavy atom. The lowest BCUT2D eigenvalue weighted by Gasteiger charge is -2.25. The zero-order chi connectivity index (χ0) is 22.5. The molecule has 9 nitrogen and oxygen atoms in total. The van der Waals surface area contributed by atoms with Crippen LogP contribution in [0.5, 0.6) is 0 Å². The van der Waals surface area contributed by atoms with Crippen molar-refractivity contribution >= 4 is 23.4 Å². The number of nitrogens with zero attached hydrogens (tertiary/aromatic N) is 2. The quantitative estimate of drug-likeness (QED) is 0.590. The van der Waals surface area contributed by atoms with Gasteiger partial charge in [0.25, 0.3) is 5.56 Å². The summed E-state index contributed by atoms with van der Waals surface area (Å²) in [6.07, 6.45) is 2.11. The van der Waals surface area contributed by atoms with E-state index in [1.165, 1.54) is 9.47 Å². The van der Waals surface area contributed by atoms with Crippen LogP contribution in [-0.2, 0) is 16.1 Å². The maximum atomic E-state index is 13.3. The lowest BCUT2D eigenvalue weighted by atomic mass is 10.0. The molecule has 0 spiro atoms. The van der Waals surface area contributed by atoms with Crippen molar-refractivity contribution < 1.29 is 14.3 Å². The van der Waals surface area contributed by atoms with Gasteiger partial charge in [-0.25, -0.2) is 9.59 Å². The van der Waals surface area contributed by atoms with Crippen molar-refractivity contribution in [1.29, 1.82) is 0 Å². The van der Waals surface area contributed by atoms with Crippen LogP contribution in [0, 0.1) is 0 Å². The van der Waals surface area contributed by atoms with Crippen LogP contribution in [0.25, 0.3) is 0 Å². The minimum absolute atomic E-state index is 0.0320. The first-order chi connectivity index (χ1) is 14.9. The highest BCUT2D eigenvalue weighted by Crippen LogP contribution is 2.34. The van der Waals surface area contributed by atoms with Crippen molar-refractivity contribution in [1.82, 2.24) is 9.55 Å². The number of fused-ring (bicyclic) bond motifs is 1. The third-order valence-electron chi connectivity index (χ3n) is 5.39. The predicted molar refractivity (Wildman–Crippen MR) is 117 cm³/mol. The van der Waals surface area contributed by atoms with Crippen LogP contribution in [0.3, 0.4) is 0 Å². The van der Waals surface area contributed by atoms with Gasteiger partial charge >= 0.3 is 11.7 Å². The second kappa shape index (κ2) is 9.63. The van der Waals surface area contributed by atoms with E-state index in [2.05, 4.69) is 4.98 Å². The van der Waals surface area contributed by atoms with Gasteiger partial charge in [0.2, 0.25) is 5.91 Å². The highest BCUT2D eigenvalue weighted by molar-refractivity contribution is 5.98. The van der Waals surface area contributed by atoms with Gasteiger partial charge in [0.05, 0.1) is 12.0 Å². The first-order valence-electron chi connectivity index (χ1n) is 10.6. The lowest BCUT2D eigenvalue weighted by molar-refractivity contribution is -0.120. The highest BCUT2D eigenvalue weighted by Gasteiger charge is 2.34. The van der Waals surface area contributed by atoms with E-state index in [0.717, 1.165) is 12.8 Å². The Morgan fingerprint density at radius 2 is 1.87 bits per heavy atom. The van der Waals surface area contributed by atoms with E-state index in [9.17, 15) is 19.2 Å². The summed E-state index contributed by atoms with van der Waals surface area (Å²) in [6.45, 7) is 4.55. The summed E-state index contributed by atoms with van der Waals surface area (Å²) in [7, 11) is 0. The molecule has 2 aromatic rings. The number of aromatic amines is 1. The van der Waals surface area contributed by atoms with Crippen LogP contribution in [0.15, 0.2) is 33.9 Å². The Morgan fingerprint density at radius 3 is 2.58 bits per heavy atom. The third-order valence-corrected chi connectivity index (χ3v) is 5.39. The zero-order valence-corrected chi connectivity index (χ0v) is 17.8. The molecule has 3 rings (SSSR count). The van der Waals surface area contributed by atoms with E-state index in [1.807, 2.05) is 13.8 Å². The smallest absolute Gasteiger partial charge is 0.339 e. The summed E-state index contributed by atoms with van der Waals surface area (Å²) in [5.74, 6) is -0.907. The molecular weight excluding hydrogens is 400 g/mol. The zero-order valence-electron chi connectivity index (χ0n) is 17.8. The molecule has 1 aliphatic rings. The summed E-state index contributed by atoms with van der Waals surface area (Å²) in [6, 6.07) is 6.92. The number of nitrogen functional groups attached to an aromatic ring is 1. The maximum Gasteiger partial charge on any atom is 0.339 e. The second-order valence-corrected chi connectivity index (χ2v) is 7.58. The summed E-state index contributed by atoms with van der Waals surface area (Å²) < 4.78 is 6.68. The summed E-state index contributed by atoms with van der Waals surface area (Å²) >= 11 is 0. The third kappa shape index (κ3) is 4.55. The maximum absolute atomic E-state index is 13.3. The number of amides is 1. The number of carbonyl (C=O) groups excluding carboxylic acids is 2. The topological polar surface area (TPSA) is 127 Å². The number of H-pyrrole nitrogens is 1. The van der Waals surface area contributed by atoms with Gasteiger partial charge in [-0.05, 0) is 18.9 Å². The molecule has 166 valence electrons. The molecule has 1 aromatic carbocycles. The van der Waals surface area contributed by atoms with Crippen molar-refractivity contribution in [2.24, 2.45) is 0 Å². The SMILES string of the molecule is CCCCN(C(=O)C[C@H]1OC(=O)c2ccccc21)c1c(N)n(CCCC)c(=O)[nH]c1=O. The molecule has 1 amide bonds. The number of nitrogens with two attached hydrogens (primary N) is 1. The molecule has 0 aliphatic carbocycles. The van der Waals surface area contributed by atoms with Crippen LogP contribution in [0.1, 0.15) is 68.0 Å². The number of ether oxygens (including phenoxy) is 1. The summed E-state index contributed by atoms with van der Waals surface area (Å²) in [5.41, 5.74) is 5.95. The van der Waals surface area contributed by atoms with E-state index in [4.69, 9.17) is 10.5 Å². The molecule has 1 atom stereocenters. The molecule has 31 heavy (non-hydrogen) atoms. The highest BCUT2D eigenvalue weighted by atomic mass is 16.5. The molecule has 1 aliphatic heterocycles. The standard InChI is InChI=1S/C22H28N4O5/c1-3-5-11-25(18-19(23)26(12-6-4-2)22(30)24-20(18)28)17(27)13-16-14-9-7-8-10-15(14)21(29)31-16/h7-10,16H,3-6,11-13,23H2,1-2H3,(H,24,28,30)/t16-/m1/s1. The fourth-order valence-corrected chi connectivity index (χ4v) is 3.69. The van der Waals surface area contributed by atoms with Gasteiger partial charge in [-0.15, -0.1) is 0 Å². The Hall–Kier alpha value is -3.36. The number of esters is 1. The minimum atomic E-state index is -0.730. The molecule has 3 N–H and O–H groups in total. The minimum Gasteiger partial charge on any atom is -0.453 e. The fourth-order valence-electron chi connectivity index (χ4n) is 3.69. The number of anilines is 2. The van der Waals surface area contributed by atoms with Crippen molar-refractivity contribution in [2.45, 2.75) is 58.6 Å². The van der Waals surface area contributed by atoms with Crippen molar-refractivity contribution in [3.8, 4) is 0 Å². The molecule has 0 saturated heterocycles. The van der Waals surface area contributed by atoms with Crippen LogP contribution in [-0.4, -0.2) is 28.0 Å². The second-order valence-electron chi connectivity index (χ2n) is 7.58. The van der Waals surface area contributed by atoms with Crippen molar-refractivity contribution in [3.63, 3.8) is 0 Å².